The van der Waals surface area contributed by atoms with Gasteiger partial charge in [0.15, 0.2) is 0 Å². The fourth-order valence-electron chi connectivity index (χ4n) is 8.80. The lowest BCUT2D eigenvalue weighted by molar-refractivity contribution is -0.704. The first-order valence-electron chi connectivity index (χ1n) is 25.9. The van der Waals surface area contributed by atoms with Gasteiger partial charge in [0.05, 0.1) is 13.1 Å². The molecule has 0 saturated heterocycles. The summed E-state index contributed by atoms with van der Waals surface area (Å²) in [5, 5.41) is 0. The lowest BCUT2D eigenvalue weighted by atomic mass is 10.0. The monoisotopic (exact) mass is 756 g/mol. The number of rotatable bonds is 46. The topological polar surface area (TPSA) is 8.81 Å². The molecule has 0 aromatic carbocycles. The quantitative estimate of drug-likeness (QED) is 0.0463. The Kier molecular flexibility index (Phi) is 41.1. The molecule has 0 aliphatic rings. The minimum Gasteiger partial charge on any atom is -0.234 e. The Morgan fingerprint density at radius 3 is 0.889 bits per heavy atom. The zero-order valence-corrected chi connectivity index (χ0v) is 38.1. The predicted molar refractivity (Wildman–Crippen MR) is 244 cm³/mol. The summed E-state index contributed by atoms with van der Waals surface area (Å²) in [6.07, 6.45) is 68.3. The molecule has 320 valence electrons. The van der Waals surface area contributed by atoms with Gasteiger partial charge < -0.3 is 0 Å². The Morgan fingerprint density at radius 1 is 0.315 bits per heavy atom. The van der Waals surface area contributed by atoms with Crippen LogP contribution in [0.4, 0.5) is 0 Å². The van der Waals surface area contributed by atoms with E-state index in [1.165, 1.54) is 296 Å². The average molecular weight is 756 g/mol. The van der Waals surface area contributed by atoms with Crippen molar-refractivity contribution in [1.82, 2.24) is 4.57 Å². The third-order valence-electron chi connectivity index (χ3n) is 12.6. The van der Waals surface area contributed by atoms with Crippen LogP contribution >= 0.6 is 0 Å². The van der Waals surface area contributed by atoms with Crippen LogP contribution in [0.2, 0.25) is 0 Å². The maximum atomic E-state index is 2.66. The molecule has 1 aromatic rings. The number of hydrogen-bond acceptors (Lipinski definition) is 0. The first kappa shape index (κ1) is 51.2. The number of aryl methyl sites for hydroxylation is 2. The van der Waals surface area contributed by atoms with Crippen LogP contribution in [0.5, 0.6) is 0 Å². The number of nitrogens with zero attached hydrogens (tertiary/aromatic N) is 2. The smallest absolute Gasteiger partial charge is 0.234 e. The third-order valence-corrected chi connectivity index (χ3v) is 12.6. The molecule has 0 bridgehead atoms. The summed E-state index contributed by atoms with van der Waals surface area (Å²) in [6, 6.07) is 0. The molecule has 0 fully saturated rings. The van der Waals surface area contributed by atoms with Crippen LogP contribution in [0.1, 0.15) is 303 Å². The van der Waals surface area contributed by atoms with Crippen molar-refractivity contribution in [2.24, 2.45) is 0 Å². The van der Waals surface area contributed by atoms with Gasteiger partial charge in [-0.05, 0) is 32.1 Å². The Bertz CT molecular complexity index is 826. The molecule has 0 spiro atoms. The Morgan fingerprint density at radius 2 is 0.574 bits per heavy atom. The van der Waals surface area contributed by atoms with E-state index in [9.17, 15) is 0 Å². The van der Waals surface area contributed by atoms with Gasteiger partial charge in [0, 0.05) is 6.42 Å². The van der Waals surface area contributed by atoms with E-state index >= 15 is 0 Å². The van der Waals surface area contributed by atoms with Crippen molar-refractivity contribution < 1.29 is 4.57 Å². The number of unbranched alkanes of at least 4 members (excludes halogenated alkanes) is 40. The zero-order valence-electron chi connectivity index (χ0n) is 38.1. The van der Waals surface area contributed by atoms with E-state index in [-0.39, 0.29) is 0 Å². The lowest BCUT2D eigenvalue weighted by Crippen LogP contribution is -2.37. The van der Waals surface area contributed by atoms with Crippen molar-refractivity contribution >= 4 is 0 Å². The van der Waals surface area contributed by atoms with Crippen LogP contribution in [-0.2, 0) is 19.5 Å². The Hall–Kier alpha value is -0.790. The van der Waals surface area contributed by atoms with E-state index in [1.54, 1.807) is 5.82 Å². The largest absolute Gasteiger partial charge is 0.256 e. The first-order valence-corrected chi connectivity index (χ1v) is 25.9. The van der Waals surface area contributed by atoms with Crippen molar-refractivity contribution in [2.75, 3.05) is 0 Å². The summed E-state index contributed by atoms with van der Waals surface area (Å²) in [5.74, 6) is 1.63. The molecule has 54 heavy (non-hydrogen) atoms. The van der Waals surface area contributed by atoms with E-state index < -0.39 is 0 Å². The second-order valence-electron chi connectivity index (χ2n) is 18.0. The van der Waals surface area contributed by atoms with E-state index in [2.05, 4.69) is 42.3 Å². The predicted octanol–water partition coefficient (Wildman–Crippen LogP) is 18.2. The molecule has 0 atom stereocenters. The van der Waals surface area contributed by atoms with E-state index in [1.807, 2.05) is 0 Å². The molecule has 0 amide bonds. The third kappa shape index (κ3) is 34.5. The Balaban J connectivity index is 2.25. The summed E-state index contributed by atoms with van der Waals surface area (Å²) >= 11 is 0. The second kappa shape index (κ2) is 43.3. The standard InChI is InChI=1S/C52H103N2/c1-4-7-10-13-16-19-22-25-27-28-30-32-35-38-41-44-47-52-53(48-45-42-39-36-33-24-21-18-15-12-9-6-3)50-51-54(52)49-46-43-40-37-34-31-29-26-23-20-17-14-11-8-5-2/h50-51H,4-49H2,1-3H3/q+1. The lowest BCUT2D eigenvalue weighted by Gasteiger charge is -2.07. The van der Waals surface area contributed by atoms with Crippen LogP contribution in [0, 0.1) is 0 Å². The van der Waals surface area contributed by atoms with Crippen LogP contribution in [0.3, 0.4) is 0 Å². The van der Waals surface area contributed by atoms with Gasteiger partial charge in [0.25, 0.3) is 5.82 Å². The normalized spacial score (nSPS) is 11.7. The van der Waals surface area contributed by atoms with Crippen LogP contribution in [-0.4, -0.2) is 4.57 Å². The first-order chi connectivity index (χ1) is 26.8. The van der Waals surface area contributed by atoms with Gasteiger partial charge in [-0.2, -0.15) is 0 Å². The second-order valence-corrected chi connectivity index (χ2v) is 18.0. The fraction of sp³-hybridized carbons (Fsp3) is 0.942. The van der Waals surface area contributed by atoms with Crippen molar-refractivity contribution in [3.63, 3.8) is 0 Å². The zero-order chi connectivity index (χ0) is 38.7. The van der Waals surface area contributed by atoms with E-state index in [0.717, 1.165) is 0 Å². The molecule has 2 nitrogen and oxygen atoms in total. The molecule has 0 aliphatic carbocycles. The highest BCUT2D eigenvalue weighted by molar-refractivity contribution is 4.84. The van der Waals surface area contributed by atoms with Crippen molar-refractivity contribution in [3.8, 4) is 0 Å². The van der Waals surface area contributed by atoms with Crippen molar-refractivity contribution in [1.29, 1.82) is 0 Å². The molecule has 2 heteroatoms. The molecule has 1 heterocycles. The van der Waals surface area contributed by atoms with Crippen LogP contribution < -0.4 is 4.57 Å². The van der Waals surface area contributed by atoms with E-state index in [0.29, 0.717) is 0 Å². The van der Waals surface area contributed by atoms with Crippen LogP contribution in [0.15, 0.2) is 12.4 Å². The molecule has 0 saturated carbocycles. The number of hydrogen-bond donors (Lipinski definition) is 0. The van der Waals surface area contributed by atoms with Crippen molar-refractivity contribution in [2.45, 2.75) is 316 Å². The summed E-state index contributed by atoms with van der Waals surface area (Å²) < 4.78 is 5.32. The van der Waals surface area contributed by atoms with Gasteiger partial charge in [-0.15, -0.1) is 0 Å². The summed E-state index contributed by atoms with van der Waals surface area (Å²) in [6.45, 7) is 9.42. The maximum Gasteiger partial charge on any atom is 0.256 e. The van der Waals surface area contributed by atoms with Crippen LogP contribution in [0.25, 0.3) is 0 Å². The molecular weight excluding hydrogens is 653 g/mol. The minimum atomic E-state index is 1.23. The van der Waals surface area contributed by atoms with Gasteiger partial charge >= 0.3 is 0 Å². The fourth-order valence-corrected chi connectivity index (χ4v) is 8.80. The van der Waals surface area contributed by atoms with Gasteiger partial charge in [0.2, 0.25) is 0 Å². The average Bonchev–Trinajstić information content (AvgIpc) is 3.57. The molecule has 0 radical (unpaired) electrons. The highest BCUT2D eigenvalue weighted by Gasteiger charge is 2.16. The molecule has 1 aromatic heterocycles. The SMILES string of the molecule is CCCCCCCCCCCCCCCCCCc1n(CCCCCCCCCCCCCC)cc[n+]1CCCCCCCCCCCCCCCCC. The molecule has 0 N–H and O–H groups in total. The molecule has 1 rings (SSSR count). The number of aromatic nitrogens is 2. The molecular formula is C52H103N2+. The van der Waals surface area contributed by atoms with Gasteiger partial charge in [-0.3, -0.25) is 0 Å². The summed E-state index contributed by atoms with van der Waals surface area (Å²) in [5.41, 5.74) is 0. The minimum absolute atomic E-state index is 1.23. The molecule has 0 unspecified atom stereocenters. The van der Waals surface area contributed by atoms with Crippen molar-refractivity contribution in [3.05, 3.63) is 18.2 Å². The van der Waals surface area contributed by atoms with E-state index in [4.69, 9.17) is 0 Å². The summed E-state index contributed by atoms with van der Waals surface area (Å²) in [4.78, 5) is 0. The summed E-state index contributed by atoms with van der Waals surface area (Å²) in [7, 11) is 0. The highest BCUT2D eigenvalue weighted by atomic mass is 15.1. The number of imidazole rings is 1. The van der Waals surface area contributed by atoms with Gasteiger partial charge in [0.1, 0.15) is 12.4 Å². The van der Waals surface area contributed by atoms with Gasteiger partial charge in [-0.25, -0.2) is 9.13 Å². The maximum absolute atomic E-state index is 2.66. The Labute approximate surface area is 342 Å². The highest BCUT2D eigenvalue weighted by Crippen LogP contribution is 2.17. The molecule has 0 aliphatic heterocycles. The van der Waals surface area contributed by atoms with Gasteiger partial charge in [-0.1, -0.05) is 265 Å².